The van der Waals surface area contributed by atoms with Crippen molar-refractivity contribution >= 4 is 15.9 Å². The van der Waals surface area contributed by atoms with Gasteiger partial charge in [0, 0.05) is 10.7 Å². The summed E-state index contributed by atoms with van der Waals surface area (Å²) in [6.07, 6.45) is 3.57. The van der Waals surface area contributed by atoms with E-state index in [0.29, 0.717) is 0 Å². The molecule has 1 atom stereocenters. The average Bonchev–Trinajstić information content (AvgIpc) is 2.39. The van der Waals surface area contributed by atoms with Crippen molar-refractivity contribution in [3.8, 4) is 5.75 Å². The van der Waals surface area contributed by atoms with E-state index in [2.05, 4.69) is 51.4 Å². The molecule has 1 heterocycles. The van der Waals surface area contributed by atoms with E-state index >= 15 is 0 Å². The fraction of sp³-hybridized carbons (Fsp3) is 0.267. The summed E-state index contributed by atoms with van der Waals surface area (Å²) in [5.74, 6) is 0.768. The van der Waals surface area contributed by atoms with Crippen molar-refractivity contribution in [1.82, 2.24) is 10.3 Å². The Bertz CT molecular complexity index is 552. The summed E-state index contributed by atoms with van der Waals surface area (Å²) in [4.78, 5) is 4.22. The highest BCUT2D eigenvalue weighted by Gasteiger charge is 2.14. The molecule has 0 saturated carbocycles. The van der Waals surface area contributed by atoms with Crippen molar-refractivity contribution in [1.29, 1.82) is 0 Å². The first-order chi connectivity index (χ1) is 9.13. The molecule has 2 aromatic rings. The fourth-order valence-corrected chi connectivity index (χ4v) is 2.79. The summed E-state index contributed by atoms with van der Waals surface area (Å²) in [6.45, 7) is 2.09. The van der Waals surface area contributed by atoms with Crippen LogP contribution in [-0.4, -0.2) is 19.1 Å². The lowest BCUT2D eigenvalue weighted by atomic mass is 9.99. The van der Waals surface area contributed by atoms with Crippen molar-refractivity contribution < 1.29 is 4.74 Å². The Kier molecular flexibility index (Phi) is 4.56. The van der Waals surface area contributed by atoms with Gasteiger partial charge in [-0.25, -0.2) is 0 Å². The second kappa shape index (κ2) is 6.17. The van der Waals surface area contributed by atoms with Crippen LogP contribution in [0.5, 0.6) is 5.75 Å². The Morgan fingerprint density at radius 3 is 2.58 bits per heavy atom. The predicted octanol–water partition coefficient (Wildman–Crippen LogP) is 3.47. The molecule has 3 nitrogen and oxygen atoms in total. The zero-order valence-corrected chi connectivity index (χ0v) is 12.9. The molecule has 1 aromatic heterocycles. The number of aromatic nitrogens is 1. The van der Waals surface area contributed by atoms with E-state index in [9.17, 15) is 0 Å². The molecule has 0 radical (unpaired) electrons. The van der Waals surface area contributed by atoms with Gasteiger partial charge >= 0.3 is 0 Å². The third-order valence-electron chi connectivity index (χ3n) is 2.99. The number of methoxy groups -OCH3 is 1. The van der Waals surface area contributed by atoms with Crippen molar-refractivity contribution in [2.75, 3.05) is 14.2 Å². The van der Waals surface area contributed by atoms with E-state index in [1.165, 1.54) is 11.1 Å². The first-order valence-corrected chi connectivity index (χ1v) is 6.86. The Labute approximate surface area is 122 Å². The van der Waals surface area contributed by atoms with Crippen LogP contribution in [0.25, 0.3) is 0 Å². The normalized spacial score (nSPS) is 12.2. The SMILES string of the molecule is CNC(c1cc(C)cc(Br)c1)c1cncc(OC)c1. The molecule has 0 fully saturated rings. The topological polar surface area (TPSA) is 34.2 Å². The van der Waals surface area contributed by atoms with Crippen molar-refractivity contribution in [3.63, 3.8) is 0 Å². The number of aryl methyl sites for hydroxylation is 1. The Morgan fingerprint density at radius 1 is 1.16 bits per heavy atom. The second-order valence-electron chi connectivity index (χ2n) is 4.44. The summed E-state index contributed by atoms with van der Waals surface area (Å²) in [6, 6.07) is 8.49. The molecule has 0 aliphatic carbocycles. The molecule has 0 bridgehead atoms. The van der Waals surface area contributed by atoms with E-state index < -0.39 is 0 Å². The third kappa shape index (κ3) is 3.33. The summed E-state index contributed by atoms with van der Waals surface area (Å²) in [5.41, 5.74) is 3.50. The van der Waals surface area contributed by atoms with E-state index in [1.807, 2.05) is 19.3 Å². The predicted molar refractivity (Wildman–Crippen MR) is 80.6 cm³/mol. The number of hydrogen-bond donors (Lipinski definition) is 1. The molecule has 0 saturated heterocycles. The summed E-state index contributed by atoms with van der Waals surface area (Å²) in [5, 5.41) is 3.32. The van der Waals surface area contributed by atoms with Crippen LogP contribution in [-0.2, 0) is 0 Å². The molecule has 0 spiro atoms. The van der Waals surface area contributed by atoms with E-state index in [1.54, 1.807) is 13.3 Å². The highest BCUT2D eigenvalue weighted by molar-refractivity contribution is 9.10. The molecule has 19 heavy (non-hydrogen) atoms. The van der Waals surface area contributed by atoms with Crippen LogP contribution in [0.4, 0.5) is 0 Å². The number of pyridine rings is 1. The molecule has 2 rings (SSSR count). The molecule has 1 unspecified atom stereocenters. The van der Waals surface area contributed by atoms with Crippen LogP contribution >= 0.6 is 15.9 Å². The minimum atomic E-state index is 0.0961. The average molecular weight is 321 g/mol. The van der Waals surface area contributed by atoms with Crippen LogP contribution in [0.2, 0.25) is 0 Å². The number of hydrogen-bond acceptors (Lipinski definition) is 3. The zero-order chi connectivity index (χ0) is 13.8. The van der Waals surface area contributed by atoms with Gasteiger partial charge in [-0.1, -0.05) is 22.0 Å². The molecule has 1 N–H and O–H groups in total. The number of halogens is 1. The lowest BCUT2D eigenvalue weighted by Gasteiger charge is -2.18. The van der Waals surface area contributed by atoms with Gasteiger partial charge in [0.05, 0.1) is 19.3 Å². The first-order valence-electron chi connectivity index (χ1n) is 6.07. The molecular formula is C15H17BrN2O. The van der Waals surface area contributed by atoms with E-state index in [0.717, 1.165) is 15.8 Å². The molecule has 4 heteroatoms. The maximum absolute atomic E-state index is 5.23. The smallest absolute Gasteiger partial charge is 0.137 e. The number of ether oxygens (including phenoxy) is 1. The number of nitrogens with zero attached hydrogens (tertiary/aromatic N) is 1. The van der Waals surface area contributed by atoms with Gasteiger partial charge in [0.1, 0.15) is 5.75 Å². The Balaban J connectivity index is 2.43. The lowest BCUT2D eigenvalue weighted by molar-refractivity contribution is 0.411. The standard InChI is InChI=1S/C15H17BrN2O/c1-10-4-11(6-13(16)5-10)15(17-2)12-7-14(19-3)9-18-8-12/h4-9,15,17H,1-3H3. The van der Waals surface area contributed by atoms with Gasteiger partial charge in [-0.05, 0) is 48.9 Å². The minimum absolute atomic E-state index is 0.0961. The highest BCUT2D eigenvalue weighted by Crippen LogP contribution is 2.27. The molecule has 1 aromatic carbocycles. The van der Waals surface area contributed by atoms with Crippen LogP contribution in [0, 0.1) is 6.92 Å². The quantitative estimate of drug-likeness (QED) is 0.936. The van der Waals surface area contributed by atoms with Gasteiger partial charge in [0.15, 0.2) is 0 Å². The number of rotatable bonds is 4. The van der Waals surface area contributed by atoms with Gasteiger partial charge in [-0.3, -0.25) is 4.98 Å². The molecule has 100 valence electrons. The third-order valence-corrected chi connectivity index (χ3v) is 3.45. The van der Waals surface area contributed by atoms with Gasteiger partial charge in [-0.15, -0.1) is 0 Å². The fourth-order valence-electron chi connectivity index (χ4n) is 2.16. The van der Waals surface area contributed by atoms with Crippen molar-refractivity contribution in [2.45, 2.75) is 13.0 Å². The summed E-state index contributed by atoms with van der Waals surface area (Å²) < 4.78 is 6.32. The van der Waals surface area contributed by atoms with Crippen LogP contribution in [0.3, 0.4) is 0 Å². The minimum Gasteiger partial charge on any atom is -0.495 e. The van der Waals surface area contributed by atoms with Gasteiger partial charge in [0.25, 0.3) is 0 Å². The number of nitrogens with one attached hydrogen (secondary N) is 1. The molecule has 0 aliphatic rings. The lowest BCUT2D eigenvalue weighted by Crippen LogP contribution is -2.18. The van der Waals surface area contributed by atoms with Crippen molar-refractivity contribution in [3.05, 3.63) is 57.8 Å². The highest BCUT2D eigenvalue weighted by atomic mass is 79.9. The monoisotopic (exact) mass is 320 g/mol. The maximum atomic E-state index is 5.23. The Hall–Kier alpha value is -1.39. The van der Waals surface area contributed by atoms with Crippen LogP contribution in [0.15, 0.2) is 41.1 Å². The summed E-state index contributed by atoms with van der Waals surface area (Å²) >= 11 is 3.54. The van der Waals surface area contributed by atoms with Gasteiger partial charge < -0.3 is 10.1 Å². The van der Waals surface area contributed by atoms with Gasteiger partial charge in [-0.2, -0.15) is 0 Å². The first kappa shape index (κ1) is 14.0. The van der Waals surface area contributed by atoms with E-state index in [-0.39, 0.29) is 6.04 Å². The van der Waals surface area contributed by atoms with Crippen LogP contribution in [0.1, 0.15) is 22.7 Å². The van der Waals surface area contributed by atoms with Crippen LogP contribution < -0.4 is 10.1 Å². The van der Waals surface area contributed by atoms with Crippen molar-refractivity contribution in [2.24, 2.45) is 0 Å². The Morgan fingerprint density at radius 2 is 1.95 bits per heavy atom. The second-order valence-corrected chi connectivity index (χ2v) is 5.36. The largest absolute Gasteiger partial charge is 0.495 e. The summed E-state index contributed by atoms with van der Waals surface area (Å²) in [7, 11) is 3.60. The molecular weight excluding hydrogens is 304 g/mol. The maximum Gasteiger partial charge on any atom is 0.137 e. The molecule has 0 aliphatic heterocycles. The van der Waals surface area contributed by atoms with Gasteiger partial charge in [0.2, 0.25) is 0 Å². The number of benzene rings is 1. The molecule has 0 amide bonds. The zero-order valence-electron chi connectivity index (χ0n) is 11.3. The van der Waals surface area contributed by atoms with E-state index in [4.69, 9.17) is 4.74 Å².